The van der Waals surface area contributed by atoms with E-state index < -0.39 is 28.5 Å². The second-order valence-corrected chi connectivity index (χ2v) is 13.0. The van der Waals surface area contributed by atoms with Crippen molar-refractivity contribution in [3.63, 3.8) is 0 Å². The Morgan fingerprint density at radius 2 is 1.48 bits per heavy atom. The minimum Gasteiger partial charge on any atom is -0.354 e. The molecule has 2 amide bonds. The number of nitrogens with one attached hydrogen (secondary N) is 1. The van der Waals surface area contributed by atoms with Crippen LogP contribution < -0.4 is 9.62 Å². The fourth-order valence-electron chi connectivity index (χ4n) is 4.86. The number of rotatable bonds is 13. The van der Waals surface area contributed by atoms with Gasteiger partial charge in [-0.25, -0.2) is 8.42 Å². The summed E-state index contributed by atoms with van der Waals surface area (Å²) in [6.45, 7) is 5.89. The minimum atomic E-state index is -4.19. The second kappa shape index (κ2) is 15.0. The number of benzene rings is 4. The number of hydrogen-bond acceptors (Lipinski definition) is 4. The molecule has 1 unspecified atom stereocenters. The Balaban J connectivity index is 1.80. The molecule has 44 heavy (non-hydrogen) atoms. The Labute approximate surface area is 265 Å². The third-order valence-corrected chi connectivity index (χ3v) is 9.46. The summed E-state index contributed by atoms with van der Waals surface area (Å²) in [6.07, 6.45) is 0.999. The highest BCUT2D eigenvalue weighted by atomic mass is 35.5. The molecule has 0 aliphatic rings. The van der Waals surface area contributed by atoms with E-state index in [4.69, 9.17) is 11.6 Å². The van der Waals surface area contributed by atoms with Crippen LogP contribution in [0, 0.1) is 13.8 Å². The monoisotopic (exact) mass is 631 g/mol. The molecule has 4 aromatic rings. The molecule has 0 fully saturated rings. The lowest BCUT2D eigenvalue weighted by molar-refractivity contribution is -0.140. The van der Waals surface area contributed by atoms with Crippen LogP contribution in [-0.2, 0) is 32.6 Å². The van der Waals surface area contributed by atoms with Crippen molar-refractivity contribution in [1.29, 1.82) is 0 Å². The van der Waals surface area contributed by atoms with Crippen LogP contribution in [0.4, 0.5) is 5.69 Å². The topological polar surface area (TPSA) is 86.8 Å². The molecule has 9 heteroatoms. The van der Waals surface area contributed by atoms with Crippen molar-refractivity contribution < 1.29 is 18.0 Å². The normalized spacial score (nSPS) is 11.9. The van der Waals surface area contributed by atoms with Crippen LogP contribution in [0.5, 0.6) is 0 Å². The quantitative estimate of drug-likeness (QED) is 0.187. The second-order valence-electron chi connectivity index (χ2n) is 10.7. The van der Waals surface area contributed by atoms with Gasteiger partial charge < -0.3 is 10.2 Å². The van der Waals surface area contributed by atoms with Crippen molar-refractivity contribution in [2.75, 3.05) is 17.4 Å². The smallest absolute Gasteiger partial charge is 0.264 e. The molecule has 7 nitrogen and oxygen atoms in total. The molecule has 1 N–H and O–H groups in total. The van der Waals surface area contributed by atoms with E-state index in [0.717, 1.165) is 33.0 Å². The molecule has 230 valence electrons. The van der Waals surface area contributed by atoms with Gasteiger partial charge in [-0.1, -0.05) is 90.8 Å². The summed E-state index contributed by atoms with van der Waals surface area (Å²) < 4.78 is 29.2. The first kappa shape index (κ1) is 32.8. The van der Waals surface area contributed by atoms with Gasteiger partial charge in [0.25, 0.3) is 10.0 Å². The number of halogens is 1. The number of hydrogen-bond donors (Lipinski definition) is 1. The molecule has 1 atom stereocenters. The standard InChI is InChI=1S/C35H38ClN3O4S/c1-4-22-37-35(41)33(23-28-11-6-5-7-12-28)38(24-29-13-9-8-10-27(29)3)34(40)25-39(31-18-14-26(2)15-19-31)44(42,43)32-20-16-30(36)17-21-32/h5-21,33H,4,22-25H2,1-3H3,(H,37,41). The van der Waals surface area contributed by atoms with Crippen LogP contribution >= 0.6 is 11.6 Å². The maximum Gasteiger partial charge on any atom is 0.264 e. The Bertz CT molecular complexity index is 1660. The maximum absolute atomic E-state index is 14.5. The van der Waals surface area contributed by atoms with Gasteiger partial charge in [-0.3, -0.25) is 13.9 Å². The number of carbonyl (C=O) groups is 2. The maximum atomic E-state index is 14.5. The molecule has 4 rings (SSSR count). The van der Waals surface area contributed by atoms with Crippen molar-refractivity contribution in [2.45, 2.75) is 51.1 Å². The highest BCUT2D eigenvalue weighted by molar-refractivity contribution is 7.92. The van der Waals surface area contributed by atoms with E-state index in [1.807, 2.05) is 75.4 Å². The SMILES string of the molecule is CCCNC(=O)C(Cc1ccccc1)N(Cc1ccccc1C)C(=O)CN(c1ccc(C)cc1)S(=O)(=O)c1ccc(Cl)cc1. The number of sulfonamides is 1. The molecule has 0 saturated heterocycles. The Hall–Kier alpha value is -4.14. The van der Waals surface area contributed by atoms with Gasteiger partial charge in [-0.2, -0.15) is 0 Å². The lowest BCUT2D eigenvalue weighted by Gasteiger charge is -2.34. The van der Waals surface area contributed by atoms with Crippen molar-refractivity contribution in [3.05, 3.63) is 130 Å². The average Bonchev–Trinajstić information content (AvgIpc) is 3.02. The van der Waals surface area contributed by atoms with Gasteiger partial charge in [-0.05, 0) is 73.4 Å². The number of nitrogens with zero attached hydrogens (tertiary/aromatic N) is 2. The number of amides is 2. The van der Waals surface area contributed by atoms with Crippen LogP contribution in [0.15, 0.2) is 108 Å². The molecular weight excluding hydrogens is 594 g/mol. The first-order chi connectivity index (χ1) is 21.1. The summed E-state index contributed by atoms with van der Waals surface area (Å²) in [6, 6.07) is 29.1. The fourth-order valence-corrected chi connectivity index (χ4v) is 6.40. The summed E-state index contributed by atoms with van der Waals surface area (Å²) in [5.74, 6) is -0.793. The van der Waals surface area contributed by atoms with Crippen molar-refractivity contribution in [1.82, 2.24) is 10.2 Å². The third-order valence-electron chi connectivity index (χ3n) is 7.42. The molecule has 0 bridgehead atoms. The predicted molar refractivity (Wildman–Crippen MR) is 176 cm³/mol. The van der Waals surface area contributed by atoms with Crippen LogP contribution in [0.1, 0.15) is 35.6 Å². The fraction of sp³-hybridized carbons (Fsp3) is 0.257. The van der Waals surface area contributed by atoms with E-state index in [-0.39, 0.29) is 23.8 Å². The Morgan fingerprint density at radius 3 is 2.11 bits per heavy atom. The molecule has 0 heterocycles. The van der Waals surface area contributed by atoms with E-state index in [9.17, 15) is 18.0 Å². The zero-order valence-corrected chi connectivity index (χ0v) is 26.8. The van der Waals surface area contributed by atoms with Crippen LogP contribution in [0.25, 0.3) is 0 Å². The van der Waals surface area contributed by atoms with Gasteiger partial charge in [0.2, 0.25) is 11.8 Å². The summed E-state index contributed by atoms with van der Waals surface area (Å²) in [5, 5.41) is 3.36. The highest BCUT2D eigenvalue weighted by Gasteiger charge is 2.34. The molecule has 0 aliphatic heterocycles. The van der Waals surface area contributed by atoms with Crippen LogP contribution in [0.2, 0.25) is 5.02 Å². The largest absolute Gasteiger partial charge is 0.354 e. The van der Waals surface area contributed by atoms with Gasteiger partial charge in [0.05, 0.1) is 10.6 Å². The number of carbonyl (C=O) groups excluding carboxylic acids is 2. The number of anilines is 1. The number of aryl methyl sites for hydroxylation is 2. The first-order valence-corrected chi connectivity index (χ1v) is 16.4. The van der Waals surface area contributed by atoms with Crippen molar-refractivity contribution in [3.8, 4) is 0 Å². The third kappa shape index (κ3) is 8.27. The van der Waals surface area contributed by atoms with E-state index in [0.29, 0.717) is 17.3 Å². The van der Waals surface area contributed by atoms with Gasteiger partial charge in [-0.15, -0.1) is 0 Å². The van der Waals surface area contributed by atoms with E-state index >= 15 is 0 Å². The molecule has 0 saturated carbocycles. The molecule has 0 radical (unpaired) electrons. The highest BCUT2D eigenvalue weighted by Crippen LogP contribution is 2.26. The molecule has 0 aromatic heterocycles. The Morgan fingerprint density at radius 1 is 0.841 bits per heavy atom. The van der Waals surface area contributed by atoms with E-state index in [1.54, 1.807) is 24.3 Å². The van der Waals surface area contributed by atoms with Crippen LogP contribution in [0.3, 0.4) is 0 Å². The van der Waals surface area contributed by atoms with Gasteiger partial charge in [0.1, 0.15) is 12.6 Å². The summed E-state index contributed by atoms with van der Waals surface area (Å²) in [7, 11) is -4.19. The van der Waals surface area contributed by atoms with Crippen LogP contribution in [-0.4, -0.2) is 44.3 Å². The zero-order chi connectivity index (χ0) is 31.7. The van der Waals surface area contributed by atoms with E-state index in [2.05, 4.69) is 5.32 Å². The summed E-state index contributed by atoms with van der Waals surface area (Å²) in [4.78, 5) is 29.7. The summed E-state index contributed by atoms with van der Waals surface area (Å²) >= 11 is 6.05. The molecular formula is C35H38ClN3O4S. The lowest BCUT2D eigenvalue weighted by Crippen LogP contribution is -2.53. The molecule has 4 aromatic carbocycles. The zero-order valence-electron chi connectivity index (χ0n) is 25.2. The summed E-state index contributed by atoms with van der Waals surface area (Å²) in [5.41, 5.74) is 3.99. The first-order valence-electron chi connectivity index (χ1n) is 14.6. The molecule has 0 spiro atoms. The Kier molecular flexibility index (Phi) is 11.2. The van der Waals surface area contributed by atoms with E-state index in [1.165, 1.54) is 29.2 Å². The lowest BCUT2D eigenvalue weighted by atomic mass is 10.0. The average molecular weight is 632 g/mol. The van der Waals surface area contributed by atoms with Gasteiger partial charge in [0.15, 0.2) is 0 Å². The molecule has 0 aliphatic carbocycles. The van der Waals surface area contributed by atoms with Gasteiger partial charge in [0, 0.05) is 24.5 Å². The van der Waals surface area contributed by atoms with Crippen molar-refractivity contribution in [2.24, 2.45) is 0 Å². The predicted octanol–water partition coefficient (Wildman–Crippen LogP) is 6.32. The van der Waals surface area contributed by atoms with Gasteiger partial charge >= 0.3 is 0 Å². The van der Waals surface area contributed by atoms with Crippen molar-refractivity contribution >= 4 is 39.1 Å². The minimum absolute atomic E-state index is 0.00209.